The second-order valence-electron chi connectivity index (χ2n) is 5.62. The summed E-state index contributed by atoms with van der Waals surface area (Å²) in [6.45, 7) is 7.95. The molecule has 0 unspecified atom stereocenters. The summed E-state index contributed by atoms with van der Waals surface area (Å²) in [5.41, 5.74) is 4.48. The smallest absolute Gasteiger partial charge is 0.0411 e. The minimum atomic E-state index is 0.200. The molecule has 88 valence electrons. The van der Waals surface area contributed by atoms with E-state index in [1.807, 2.05) is 0 Å². The van der Waals surface area contributed by atoms with E-state index in [0.717, 1.165) is 6.54 Å². The number of aryl methyl sites for hydroxylation is 1. The van der Waals surface area contributed by atoms with Crippen molar-refractivity contribution in [2.45, 2.75) is 45.4 Å². The maximum atomic E-state index is 3.63. The van der Waals surface area contributed by atoms with Crippen molar-refractivity contribution in [2.24, 2.45) is 0 Å². The van der Waals surface area contributed by atoms with Crippen LogP contribution >= 0.6 is 15.9 Å². The monoisotopic (exact) mass is 281 g/mol. The molecule has 1 aliphatic rings. The minimum absolute atomic E-state index is 0.200. The number of nitrogens with one attached hydrogen (secondary N) is 1. The van der Waals surface area contributed by atoms with E-state index >= 15 is 0 Å². The molecule has 0 atom stereocenters. The zero-order chi connectivity index (χ0) is 11.8. The Kier molecular flexibility index (Phi) is 3.29. The van der Waals surface area contributed by atoms with Gasteiger partial charge in [0.05, 0.1) is 0 Å². The number of rotatable bonds is 0. The highest BCUT2D eigenvalue weighted by molar-refractivity contribution is 9.10. The molecule has 2 rings (SSSR count). The number of anilines is 1. The fourth-order valence-electron chi connectivity index (χ4n) is 2.31. The third kappa shape index (κ3) is 2.42. The van der Waals surface area contributed by atoms with E-state index in [4.69, 9.17) is 0 Å². The average Bonchev–Trinajstić information content (AvgIpc) is 2.39. The number of hydrogen-bond acceptors (Lipinski definition) is 1. The Balaban J connectivity index is 2.55. The largest absolute Gasteiger partial charge is 0.385 e. The number of fused-ring (bicyclic) bond motifs is 1. The van der Waals surface area contributed by atoms with Crippen molar-refractivity contribution in [1.29, 1.82) is 0 Å². The lowest BCUT2D eigenvalue weighted by molar-refractivity contribution is 0.591. The fourth-order valence-corrected chi connectivity index (χ4v) is 2.82. The zero-order valence-electron chi connectivity index (χ0n) is 10.4. The Labute approximate surface area is 107 Å². The average molecular weight is 282 g/mol. The first kappa shape index (κ1) is 12.0. The standard InChI is InChI=1S/C14H20BrN/c1-14(2,3)12-9-11(15)8-10-6-4-5-7-16-13(10)12/h8-9,16H,4-7H2,1-3H3. The SMILES string of the molecule is CC(C)(C)c1cc(Br)cc2c1NCCCC2. The van der Waals surface area contributed by atoms with Gasteiger partial charge in [-0.25, -0.2) is 0 Å². The van der Waals surface area contributed by atoms with Crippen LogP contribution in [0.2, 0.25) is 0 Å². The Morgan fingerprint density at radius 1 is 1.19 bits per heavy atom. The molecule has 16 heavy (non-hydrogen) atoms. The summed E-state index contributed by atoms with van der Waals surface area (Å²) < 4.78 is 1.21. The van der Waals surface area contributed by atoms with E-state index < -0.39 is 0 Å². The van der Waals surface area contributed by atoms with Crippen LogP contribution < -0.4 is 5.32 Å². The van der Waals surface area contributed by atoms with Gasteiger partial charge in [0, 0.05) is 16.7 Å². The van der Waals surface area contributed by atoms with Crippen LogP contribution in [0.3, 0.4) is 0 Å². The van der Waals surface area contributed by atoms with Crippen molar-refractivity contribution in [3.8, 4) is 0 Å². The van der Waals surface area contributed by atoms with Gasteiger partial charge in [0.2, 0.25) is 0 Å². The highest BCUT2D eigenvalue weighted by Gasteiger charge is 2.21. The van der Waals surface area contributed by atoms with Crippen molar-refractivity contribution >= 4 is 21.6 Å². The Morgan fingerprint density at radius 3 is 2.62 bits per heavy atom. The summed E-state index contributed by atoms with van der Waals surface area (Å²) in [7, 11) is 0. The number of hydrogen-bond donors (Lipinski definition) is 1. The van der Waals surface area contributed by atoms with E-state index in [9.17, 15) is 0 Å². The van der Waals surface area contributed by atoms with Gasteiger partial charge in [-0.1, -0.05) is 36.7 Å². The van der Waals surface area contributed by atoms with Crippen LogP contribution in [-0.4, -0.2) is 6.54 Å². The normalized spacial score (nSPS) is 16.2. The molecule has 1 aliphatic heterocycles. The number of halogens is 1. The quantitative estimate of drug-likeness (QED) is 0.739. The van der Waals surface area contributed by atoms with E-state index in [1.165, 1.54) is 40.5 Å². The molecule has 0 spiro atoms. The van der Waals surface area contributed by atoms with Crippen molar-refractivity contribution in [3.05, 3.63) is 27.7 Å². The second kappa shape index (κ2) is 4.40. The Bertz CT molecular complexity index is 390. The van der Waals surface area contributed by atoms with Crippen LogP contribution in [0.25, 0.3) is 0 Å². The predicted molar refractivity (Wildman–Crippen MR) is 74.3 cm³/mol. The summed E-state index contributed by atoms with van der Waals surface area (Å²) in [5, 5.41) is 3.61. The van der Waals surface area contributed by atoms with Gasteiger partial charge in [0.1, 0.15) is 0 Å². The summed E-state index contributed by atoms with van der Waals surface area (Å²) in [4.78, 5) is 0. The lowest BCUT2D eigenvalue weighted by Crippen LogP contribution is -2.16. The van der Waals surface area contributed by atoms with Gasteiger partial charge in [-0.2, -0.15) is 0 Å². The van der Waals surface area contributed by atoms with Crippen molar-refractivity contribution in [2.75, 3.05) is 11.9 Å². The van der Waals surface area contributed by atoms with Crippen LogP contribution in [-0.2, 0) is 11.8 Å². The highest BCUT2D eigenvalue weighted by Crippen LogP contribution is 2.36. The van der Waals surface area contributed by atoms with Crippen molar-refractivity contribution < 1.29 is 0 Å². The van der Waals surface area contributed by atoms with Gasteiger partial charge >= 0.3 is 0 Å². The van der Waals surface area contributed by atoms with E-state index in [0.29, 0.717) is 0 Å². The Hall–Kier alpha value is -0.500. The lowest BCUT2D eigenvalue weighted by Gasteiger charge is -2.25. The van der Waals surface area contributed by atoms with Gasteiger partial charge in [0.15, 0.2) is 0 Å². The molecule has 1 N–H and O–H groups in total. The third-order valence-corrected chi connectivity index (χ3v) is 3.63. The molecule has 0 saturated heterocycles. The molecule has 0 fully saturated rings. The first-order chi connectivity index (χ1) is 7.48. The van der Waals surface area contributed by atoms with E-state index in [1.54, 1.807) is 0 Å². The van der Waals surface area contributed by atoms with Crippen LogP contribution in [0.5, 0.6) is 0 Å². The minimum Gasteiger partial charge on any atom is -0.385 e. The number of benzene rings is 1. The van der Waals surface area contributed by atoms with Crippen LogP contribution in [0, 0.1) is 0 Å². The van der Waals surface area contributed by atoms with Gasteiger partial charge in [-0.15, -0.1) is 0 Å². The summed E-state index contributed by atoms with van der Waals surface area (Å²) in [6.07, 6.45) is 3.76. The van der Waals surface area contributed by atoms with Crippen LogP contribution in [0.15, 0.2) is 16.6 Å². The molecule has 1 nitrogen and oxygen atoms in total. The van der Waals surface area contributed by atoms with Gasteiger partial charge in [0.25, 0.3) is 0 Å². The second-order valence-corrected chi connectivity index (χ2v) is 6.54. The van der Waals surface area contributed by atoms with E-state index in [2.05, 4.69) is 54.2 Å². The molecule has 0 radical (unpaired) electrons. The molecule has 1 heterocycles. The summed E-state index contributed by atoms with van der Waals surface area (Å²) >= 11 is 3.63. The highest BCUT2D eigenvalue weighted by atomic mass is 79.9. The molecule has 0 saturated carbocycles. The molecule has 2 heteroatoms. The maximum Gasteiger partial charge on any atom is 0.0411 e. The maximum absolute atomic E-state index is 3.63. The van der Waals surface area contributed by atoms with Gasteiger partial charge < -0.3 is 5.32 Å². The predicted octanol–water partition coefficient (Wildman–Crippen LogP) is 4.49. The first-order valence-corrected chi connectivity index (χ1v) is 6.84. The first-order valence-electron chi connectivity index (χ1n) is 6.05. The van der Waals surface area contributed by atoms with Crippen LogP contribution in [0.1, 0.15) is 44.7 Å². The van der Waals surface area contributed by atoms with Gasteiger partial charge in [-0.05, 0) is 47.9 Å². The summed E-state index contributed by atoms with van der Waals surface area (Å²) in [6, 6.07) is 4.53. The topological polar surface area (TPSA) is 12.0 Å². The third-order valence-electron chi connectivity index (χ3n) is 3.17. The van der Waals surface area contributed by atoms with Crippen molar-refractivity contribution in [3.63, 3.8) is 0 Å². The van der Waals surface area contributed by atoms with Crippen LogP contribution in [0.4, 0.5) is 5.69 Å². The van der Waals surface area contributed by atoms with E-state index in [-0.39, 0.29) is 5.41 Å². The molecular formula is C14H20BrN. The molecule has 1 aromatic carbocycles. The summed E-state index contributed by atoms with van der Waals surface area (Å²) in [5.74, 6) is 0. The van der Waals surface area contributed by atoms with Gasteiger partial charge in [-0.3, -0.25) is 0 Å². The lowest BCUT2D eigenvalue weighted by atomic mass is 9.84. The molecule has 0 aromatic heterocycles. The fraction of sp³-hybridized carbons (Fsp3) is 0.571. The molecule has 0 amide bonds. The zero-order valence-corrected chi connectivity index (χ0v) is 11.9. The molecule has 0 aliphatic carbocycles. The van der Waals surface area contributed by atoms with Crippen molar-refractivity contribution in [1.82, 2.24) is 0 Å². The molecule has 1 aromatic rings. The Morgan fingerprint density at radius 2 is 1.94 bits per heavy atom. The molecule has 0 bridgehead atoms. The molecular weight excluding hydrogens is 262 g/mol.